The summed E-state index contributed by atoms with van der Waals surface area (Å²) < 4.78 is 5.23. The van der Waals surface area contributed by atoms with Gasteiger partial charge in [0.05, 0.1) is 0 Å². The monoisotopic (exact) mass is 352 g/mol. The number of benzene rings is 1. The summed E-state index contributed by atoms with van der Waals surface area (Å²) >= 11 is 0. The lowest BCUT2D eigenvalue weighted by atomic mass is 9.64. The Labute approximate surface area is 153 Å². The molecule has 4 aliphatic rings. The van der Waals surface area contributed by atoms with Crippen molar-refractivity contribution in [2.24, 2.45) is 5.92 Å². The first-order valence-corrected chi connectivity index (χ1v) is 9.37. The molecule has 1 N–H and O–H groups in total. The van der Waals surface area contributed by atoms with E-state index in [0.29, 0.717) is 17.4 Å². The van der Waals surface area contributed by atoms with Gasteiger partial charge in [0.25, 0.3) is 5.91 Å². The highest BCUT2D eigenvalue weighted by molar-refractivity contribution is 5.93. The molecule has 6 rings (SSSR count). The van der Waals surface area contributed by atoms with Gasteiger partial charge in [-0.25, -0.2) is 4.98 Å². The lowest BCUT2D eigenvalue weighted by Gasteiger charge is -2.55. The maximum absolute atomic E-state index is 12.9. The standard InChI is InChI=1S/C20H24N4O2/c1-14-17(21-13-26-14)19(25)22-18-15-9-23-7-8-24(10-15)12-20(18,11-23)16-5-3-2-4-6-16/h2-6,13,15,18H,7-12H2,1H3,(H,22,25). The number of hydrogen-bond acceptors (Lipinski definition) is 5. The molecule has 3 unspecified atom stereocenters. The normalized spacial score (nSPS) is 35.3. The van der Waals surface area contributed by atoms with Gasteiger partial charge in [0.15, 0.2) is 12.1 Å². The smallest absolute Gasteiger partial charge is 0.273 e. The van der Waals surface area contributed by atoms with E-state index in [1.807, 2.05) is 0 Å². The van der Waals surface area contributed by atoms with Gasteiger partial charge >= 0.3 is 0 Å². The Morgan fingerprint density at radius 3 is 2.50 bits per heavy atom. The molecule has 0 aliphatic carbocycles. The van der Waals surface area contributed by atoms with Crippen LogP contribution in [0.5, 0.6) is 0 Å². The third kappa shape index (κ3) is 2.40. The van der Waals surface area contributed by atoms with E-state index in [-0.39, 0.29) is 17.4 Å². The van der Waals surface area contributed by atoms with Gasteiger partial charge in [-0.15, -0.1) is 0 Å². The SMILES string of the molecule is Cc1ocnc1C(=O)NC1C2CN3CCN(C2)CC1(c1ccccc1)C3. The maximum Gasteiger partial charge on any atom is 0.273 e. The topological polar surface area (TPSA) is 61.6 Å². The summed E-state index contributed by atoms with van der Waals surface area (Å²) in [5.74, 6) is 0.883. The summed E-state index contributed by atoms with van der Waals surface area (Å²) in [6, 6.07) is 10.8. The molecular formula is C20H24N4O2. The van der Waals surface area contributed by atoms with Crippen LogP contribution in [-0.2, 0) is 5.41 Å². The van der Waals surface area contributed by atoms with E-state index in [4.69, 9.17) is 4.42 Å². The molecule has 3 atom stereocenters. The first kappa shape index (κ1) is 16.0. The van der Waals surface area contributed by atoms with E-state index in [0.717, 1.165) is 39.3 Å². The minimum absolute atomic E-state index is 0.0772. The van der Waals surface area contributed by atoms with Crippen LogP contribution in [0.1, 0.15) is 21.8 Å². The molecule has 2 aromatic rings. The second kappa shape index (κ2) is 5.93. The number of carbonyl (C=O) groups excluding carboxylic acids is 1. The van der Waals surface area contributed by atoms with Crippen molar-refractivity contribution in [1.29, 1.82) is 0 Å². The molecule has 4 bridgehead atoms. The summed E-state index contributed by atoms with van der Waals surface area (Å²) in [5, 5.41) is 3.36. The van der Waals surface area contributed by atoms with Crippen molar-refractivity contribution in [2.75, 3.05) is 39.3 Å². The van der Waals surface area contributed by atoms with Gasteiger partial charge in [-0.3, -0.25) is 4.79 Å². The van der Waals surface area contributed by atoms with Crippen LogP contribution in [0, 0.1) is 12.8 Å². The van der Waals surface area contributed by atoms with Crippen molar-refractivity contribution < 1.29 is 9.21 Å². The third-order valence-corrected chi connectivity index (χ3v) is 6.39. The van der Waals surface area contributed by atoms with Crippen LogP contribution in [0.2, 0.25) is 0 Å². The molecule has 0 radical (unpaired) electrons. The Balaban J connectivity index is 1.54. The molecule has 1 aromatic carbocycles. The van der Waals surface area contributed by atoms with Crippen molar-refractivity contribution in [3.8, 4) is 0 Å². The summed E-state index contributed by atoms with van der Waals surface area (Å²) in [5.41, 5.74) is 1.65. The van der Waals surface area contributed by atoms with Crippen LogP contribution in [0.4, 0.5) is 0 Å². The quantitative estimate of drug-likeness (QED) is 0.902. The molecule has 4 fully saturated rings. The van der Waals surface area contributed by atoms with Crippen molar-refractivity contribution in [1.82, 2.24) is 20.1 Å². The van der Waals surface area contributed by atoms with E-state index in [2.05, 4.69) is 50.4 Å². The van der Waals surface area contributed by atoms with Gasteiger partial charge in [-0.1, -0.05) is 30.3 Å². The number of nitrogens with one attached hydrogen (secondary N) is 1. The zero-order valence-corrected chi connectivity index (χ0v) is 15.0. The molecule has 4 aliphatic heterocycles. The number of aromatic nitrogens is 1. The largest absolute Gasteiger partial charge is 0.448 e. The lowest BCUT2D eigenvalue weighted by molar-refractivity contribution is 0.0179. The lowest BCUT2D eigenvalue weighted by Crippen LogP contribution is -2.70. The summed E-state index contributed by atoms with van der Waals surface area (Å²) in [4.78, 5) is 22.2. The van der Waals surface area contributed by atoms with E-state index in [1.54, 1.807) is 6.92 Å². The van der Waals surface area contributed by atoms with Gasteiger partial charge in [-0.2, -0.15) is 0 Å². The molecule has 1 aromatic heterocycles. The summed E-state index contributed by atoms with van der Waals surface area (Å²) in [6.07, 6.45) is 1.34. The van der Waals surface area contributed by atoms with E-state index >= 15 is 0 Å². The number of rotatable bonds is 3. The minimum Gasteiger partial charge on any atom is -0.448 e. The predicted molar refractivity (Wildman–Crippen MR) is 97.0 cm³/mol. The summed E-state index contributed by atoms with van der Waals surface area (Å²) in [6.45, 7) is 8.11. The van der Waals surface area contributed by atoms with E-state index in [9.17, 15) is 4.79 Å². The molecule has 6 nitrogen and oxygen atoms in total. The Kier molecular flexibility index (Phi) is 3.65. The highest BCUT2D eigenvalue weighted by Crippen LogP contribution is 2.43. The fraction of sp³-hybridized carbons (Fsp3) is 0.500. The third-order valence-electron chi connectivity index (χ3n) is 6.39. The zero-order chi connectivity index (χ0) is 17.7. The molecule has 136 valence electrons. The second-order valence-electron chi connectivity index (χ2n) is 7.96. The second-order valence-corrected chi connectivity index (χ2v) is 7.96. The Morgan fingerprint density at radius 2 is 1.88 bits per heavy atom. The number of nitrogens with zero attached hydrogens (tertiary/aromatic N) is 3. The van der Waals surface area contributed by atoms with Crippen LogP contribution in [-0.4, -0.2) is 66.0 Å². The molecule has 6 heteroatoms. The molecule has 0 saturated carbocycles. The van der Waals surface area contributed by atoms with Crippen molar-refractivity contribution >= 4 is 5.91 Å². The molecule has 1 amide bonds. The van der Waals surface area contributed by atoms with Crippen LogP contribution in [0.15, 0.2) is 41.1 Å². The Morgan fingerprint density at radius 1 is 1.19 bits per heavy atom. The highest BCUT2D eigenvalue weighted by atomic mass is 16.3. The van der Waals surface area contributed by atoms with Gasteiger partial charge < -0.3 is 19.5 Å². The van der Waals surface area contributed by atoms with Gasteiger partial charge in [-0.05, 0) is 12.5 Å². The summed E-state index contributed by atoms with van der Waals surface area (Å²) in [7, 11) is 0. The number of piperidine rings is 2. The van der Waals surface area contributed by atoms with E-state index in [1.165, 1.54) is 12.0 Å². The number of amides is 1. The fourth-order valence-corrected chi connectivity index (χ4v) is 5.30. The Hall–Kier alpha value is -2.18. The molecule has 4 saturated heterocycles. The van der Waals surface area contributed by atoms with Crippen LogP contribution in [0.3, 0.4) is 0 Å². The molecule has 26 heavy (non-hydrogen) atoms. The van der Waals surface area contributed by atoms with Crippen molar-refractivity contribution in [3.63, 3.8) is 0 Å². The highest BCUT2D eigenvalue weighted by Gasteiger charge is 2.55. The average molecular weight is 352 g/mol. The van der Waals surface area contributed by atoms with Gasteiger partial charge in [0.1, 0.15) is 5.76 Å². The molecular weight excluding hydrogens is 328 g/mol. The van der Waals surface area contributed by atoms with Crippen LogP contribution < -0.4 is 5.32 Å². The molecule has 5 heterocycles. The number of hydrogen-bond donors (Lipinski definition) is 1. The average Bonchev–Trinajstić information content (AvgIpc) is 2.92. The maximum atomic E-state index is 12.9. The minimum atomic E-state index is -0.118. The molecule has 0 spiro atoms. The number of aryl methyl sites for hydroxylation is 1. The fourth-order valence-electron chi connectivity index (χ4n) is 5.30. The van der Waals surface area contributed by atoms with Crippen LogP contribution in [0.25, 0.3) is 0 Å². The Bertz CT molecular complexity index is 802. The van der Waals surface area contributed by atoms with Gasteiger partial charge in [0.2, 0.25) is 0 Å². The number of carbonyl (C=O) groups is 1. The van der Waals surface area contributed by atoms with Crippen LogP contribution >= 0.6 is 0 Å². The first-order chi connectivity index (χ1) is 12.7. The van der Waals surface area contributed by atoms with Crippen molar-refractivity contribution in [3.05, 3.63) is 53.7 Å². The van der Waals surface area contributed by atoms with Gasteiger partial charge in [0, 0.05) is 56.6 Å². The number of oxazole rings is 1. The van der Waals surface area contributed by atoms with Crippen molar-refractivity contribution in [2.45, 2.75) is 18.4 Å². The number of fused-ring (bicyclic) bond motifs is 1. The van der Waals surface area contributed by atoms with E-state index < -0.39 is 0 Å². The first-order valence-electron chi connectivity index (χ1n) is 9.37. The predicted octanol–water partition coefficient (Wildman–Crippen LogP) is 1.28. The zero-order valence-electron chi connectivity index (χ0n) is 15.0.